The molecule has 1 aromatic carbocycles. The van der Waals surface area contributed by atoms with E-state index in [0.717, 1.165) is 25.0 Å². The second-order valence-corrected chi connectivity index (χ2v) is 4.86. The Morgan fingerprint density at radius 1 is 1.50 bits per heavy atom. The van der Waals surface area contributed by atoms with Crippen LogP contribution in [-0.2, 0) is 11.3 Å². The van der Waals surface area contributed by atoms with Gasteiger partial charge < -0.3 is 5.11 Å². The minimum atomic E-state index is -0.892. The smallest absolute Gasteiger partial charge is 0.320 e. The van der Waals surface area contributed by atoms with Crippen LogP contribution >= 0.6 is 0 Å². The lowest BCUT2D eigenvalue weighted by atomic mass is 10.0. The molecule has 1 N–H and O–H groups in total. The van der Waals surface area contributed by atoms with E-state index in [1.807, 2.05) is 0 Å². The fraction of sp³-hybridized carbons (Fsp3) is 0.462. The van der Waals surface area contributed by atoms with Gasteiger partial charge in [0, 0.05) is 12.6 Å². The summed E-state index contributed by atoms with van der Waals surface area (Å²) in [6.07, 6.45) is 2.34. The van der Waals surface area contributed by atoms with E-state index >= 15 is 0 Å². The second-order valence-electron chi connectivity index (χ2n) is 4.86. The third-order valence-corrected chi connectivity index (χ3v) is 3.49. The van der Waals surface area contributed by atoms with Gasteiger partial charge in [0.1, 0.15) is 6.04 Å². The quantitative estimate of drug-likeness (QED) is 0.676. The number of piperidine rings is 1. The summed E-state index contributed by atoms with van der Waals surface area (Å²) in [6.45, 7) is 0.918. The van der Waals surface area contributed by atoms with Crippen LogP contribution in [0.2, 0.25) is 0 Å². The van der Waals surface area contributed by atoms with Crippen LogP contribution in [0.5, 0.6) is 0 Å². The molecule has 1 aliphatic heterocycles. The standard InChI is InChI=1S/C13H15FN2O4/c14-10-7-9(4-5-11(10)16(19)20)8-15-6-2-1-3-12(15)13(17)18/h4-5,7,12H,1-3,6,8H2,(H,17,18). The number of nitro groups is 1. The highest BCUT2D eigenvalue weighted by Gasteiger charge is 2.28. The number of halogens is 1. The topological polar surface area (TPSA) is 83.7 Å². The fourth-order valence-electron chi connectivity index (χ4n) is 2.49. The van der Waals surface area contributed by atoms with Gasteiger partial charge in [-0.25, -0.2) is 0 Å². The number of likely N-dealkylation sites (tertiary alicyclic amines) is 1. The first-order valence-electron chi connectivity index (χ1n) is 6.38. The largest absolute Gasteiger partial charge is 0.480 e. The summed E-state index contributed by atoms with van der Waals surface area (Å²) < 4.78 is 13.5. The molecule has 1 atom stereocenters. The Hall–Kier alpha value is -2.02. The van der Waals surface area contributed by atoms with Crippen molar-refractivity contribution in [3.8, 4) is 0 Å². The van der Waals surface area contributed by atoms with Crippen LogP contribution < -0.4 is 0 Å². The first-order valence-corrected chi connectivity index (χ1v) is 6.38. The number of nitrogens with zero attached hydrogens (tertiary/aromatic N) is 2. The molecule has 1 unspecified atom stereocenters. The van der Waals surface area contributed by atoms with Crippen LogP contribution in [-0.4, -0.2) is 33.5 Å². The molecule has 0 amide bonds. The zero-order valence-corrected chi connectivity index (χ0v) is 10.8. The maximum absolute atomic E-state index is 13.5. The monoisotopic (exact) mass is 282 g/mol. The van der Waals surface area contributed by atoms with E-state index in [2.05, 4.69) is 0 Å². The molecule has 6 nitrogen and oxygen atoms in total. The van der Waals surface area contributed by atoms with Crippen LogP contribution in [0.4, 0.5) is 10.1 Å². The molecule has 1 heterocycles. The molecule has 0 spiro atoms. The predicted molar refractivity (Wildman–Crippen MR) is 68.7 cm³/mol. The SMILES string of the molecule is O=C(O)C1CCCCN1Cc1ccc([N+](=O)[O-])c(F)c1. The minimum absolute atomic E-state index is 0.284. The van der Waals surface area contributed by atoms with E-state index in [1.54, 1.807) is 4.90 Å². The van der Waals surface area contributed by atoms with Gasteiger partial charge >= 0.3 is 11.7 Å². The van der Waals surface area contributed by atoms with E-state index in [-0.39, 0.29) is 6.54 Å². The van der Waals surface area contributed by atoms with Crippen molar-refractivity contribution in [3.63, 3.8) is 0 Å². The zero-order chi connectivity index (χ0) is 14.7. The molecule has 20 heavy (non-hydrogen) atoms. The zero-order valence-electron chi connectivity index (χ0n) is 10.8. The maximum Gasteiger partial charge on any atom is 0.320 e. The van der Waals surface area contributed by atoms with Gasteiger partial charge in [-0.15, -0.1) is 0 Å². The highest BCUT2D eigenvalue weighted by molar-refractivity contribution is 5.73. The molecule has 0 bridgehead atoms. The Morgan fingerprint density at radius 2 is 2.25 bits per heavy atom. The van der Waals surface area contributed by atoms with Crippen molar-refractivity contribution in [2.45, 2.75) is 31.8 Å². The van der Waals surface area contributed by atoms with Gasteiger partial charge in [0.05, 0.1) is 4.92 Å². The number of carboxylic acid groups (broad SMARTS) is 1. The van der Waals surface area contributed by atoms with E-state index in [9.17, 15) is 19.3 Å². The van der Waals surface area contributed by atoms with Crippen molar-refractivity contribution in [2.75, 3.05) is 6.54 Å². The summed E-state index contributed by atoms with van der Waals surface area (Å²) in [7, 11) is 0. The maximum atomic E-state index is 13.5. The van der Waals surface area contributed by atoms with Crippen LogP contribution in [0, 0.1) is 15.9 Å². The first kappa shape index (κ1) is 14.4. The van der Waals surface area contributed by atoms with E-state index in [4.69, 9.17) is 5.11 Å². The summed E-state index contributed by atoms with van der Waals surface area (Å²) in [6, 6.07) is 3.12. The van der Waals surface area contributed by atoms with Gasteiger partial charge in [-0.2, -0.15) is 4.39 Å². The lowest BCUT2D eigenvalue weighted by Crippen LogP contribution is -2.44. The average molecular weight is 282 g/mol. The first-order chi connectivity index (χ1) is 9.49. The van der Waals surface area contributed by atoms with Crippen molar-refractivity contribution >= 4 is 11.7 Å². The van der Waals surface area contributed by atoms with Crippen molar-refractivity contribution < 1.29 is 19.2 Å². The van der Waals surface area contributed by atoms with Gasteiger partial charge in [-0.3, -0.25) is 19.8 Å². The second kappa shape index (κ2) is 5.96. The molecule has 1 saturated heterocycles. The Balaban J connectivity index is 2.14. The number of hydrogen-bond acceptors (Lipinski definition) is 4. The third kappa shape index (κ3) is 3.11. The van der Waals surface area contributed by atoms with E-state index in [0.29, 0.717) is 18.5 Å². The fourth-order valence-corrected chi connectivity index (χ4v) is 2.49. The number of rotatable bonds is 4. The molecule has 1 fully saturated rings. The predicted octanol–water partition coefficient (Wildman–Crippen LogP) is 2.17. The van der Waals surface area contributed by atoms with Crippen molar-refractivity contribution in [3.05, 3.63) is 39.7 Å². The average Bonchev–Trinajstić information content (AvgIpc) is 2.38. The Morgan fingerprint density at radius 3 is 2.85 bits per heavy atom. The normalized spacial score (nSPS) is 19.8. The molecular weight excluding hydrogens is 267 g/mol. The Labute approximate surface area is 115 Å². The molecule has 108 valence electrons. The number of aliphatic carboxylic acids is 1. The van der Waals surface area contributed by atoms with Gasteiger partial charge in [-0.1, -0.05) is 12.5 Å². The third-order valence-electron chi connectivity index (χ3n) is 3.49. The van der Waals surface area contributed by atoms with Gasteiger partial charge in [0.2, 0.25) is 5.82 Å². The molecule has 7 heteroatoms. The van der Waals surface area contributed by atoms with Crippen molar-refractivity contribution in [1.29, 1.82) is 0 Å². The van der Waals surface area contributed by atoms with Crippen LogP contribution in [0.3, 0.4) is 0 Å². The van der Waals surface area contributed by atoms with Gasteiger partial charge in [-0.05, 0) is 31.0 Å². The van der Waals surface area contributed by atoms with Crippen LogP contribution in [0.25, 0.3) is 0 Å². The van der Waals surface area contributed by atoms with E-state index in [1.165, 1.54) is 6.07 Å². The highest BCUT2D eigenvalue weighted by atomic mass is 19.1. The molecular formula is C13H15FN2O4. The molecule has 0 radical (unpaired) electrons. The summed E-state index contributed by atoms with van der Waals surface area (Å²) in [5.41, 5.74) is -0.0246. The summed E-state index contributed by atoms with van der Waals surface area (Å²) in [4.78, 5) is 22.7. The molecule has 0 aliphatic carbocycles. The minimum Gasteiger partial charge on any atom is -0.480 e. The number of carbonyl (C=O) groups is 1. The Bertz CT molecular complexity index is 535. The Kier molecular flexibility index (Phi) is 4.29. The van der Waals surface area contributed by atoms with Crippen molar-refractivity contribution in [1.82, 2.24) is 4.90 Å². The number of nitro benzene ring substituents is 1. The summed E-state index contributed by atoms with van der Waals surface area (Å²) in [5.74, 6) is -1.77. The number of benzene rings is 1. The lowest BCUT2D eigenvalue weighted by molar-refractivity contribution is -0.387. The van der Waals surface area contributed by atoms with Crippen molar-refractivity contribution in [2.24, 2.45) is 0 Å². The van der Waals surface area contributed by atoms with Crippen LogP contribution in [0.1, 0.15) is 24.8 Å². The highest BCUT2D eigenvalue weighted by Crippen LogP contribution is 2.23. The van der Waals surface area contributed by atoms with Gasteiger partial charge in [0.15, 0.2) is 0 Å². The molecule has 0 saturated carbocycles. The van der Waals surface area contributed by atoms with Crippen LogP contribution in [0.15, 0.2) is 18.2 Å². The number of hydrogen-bond donors (Lipinski definition) is 1. The molecule has 2 rings (SSSR count). The number of carboxylic acids is 1. The molecule has 1 aliphatic rings. The molecule has 0 aromatic heterocycles. The summed E-state index contributed by atoms with van der Waals surface area (Å²) in [5, 5.41) is 19.7. The lowest BCUT2D eigenvalue weighted by Gasteiger charge is -2.32. The molecule has 1 aromatic rings. The van der Waals surface area contributed by atoms with E-state index < -0.39 is 28.4 Å². The summed E-state index contributed by atoms with van der Waals surface area (Å²) >= 11 is 0. The van der Waals surface area contributed by atoms with Gasteiger partial charge in [0.25, 0.3) is 0 Å².